The molecule has 0 aromatic heterocycles. The molecule has 0 radical (unpaired) electrons. The predicted molar refractivity (Wildman–Crippen MR) is 339 cm³/mol. The molecule has 0 aliphatic carbocycles. The van der Waals surface area contributed by atoms with E-state index < -0.39 is 32.5 Å². The molecule has 0 saturated carbocycles. The van der Waals surface area contributed by atoms with Crippen molar-refractivity contribution >= 4 is 19.8 Å². The Morgan fingerprint density at radius 2 is 0.658 bits per heavy atom. The third-order valence-corrected chi connectivity index (χ3v) is 12.8. The molecule has 2 atom stereocenters. The van der Waals surface area contributed by atoms with Gasteiger partial charge in [0.25, 0.3) is 0 Å². The third kappa shape index (κ3) is 62.2. The Morgan fingerprint density at radius 1 is 0.380 bits per heavy atom. The van der Waals surface area contributed by atoms with Gasteiger partial charge in [0.05, 0.1) is 13.2 Å². The normalized spacial score (nSPS) is 14.3. The molecule has 79 heavy (non-hydrogen) atoms. The van der Waals surface area contributed by atoms with Crippen LogP contribution in [0.5, 0.6) is 0 Å². The van der Waals surface area contributed by atoms with Crippen LogP contribution in [-0.4, -0.2) is 49.3 Å². The van der Waals surface area contributed by atoms with Gasteiger partial charge in [-0.2, -0.15) is 0 Å². The number of phosphoric ester groups is 1. The lowest BCUT2D eigenvalue weighted by atomic mass is 10.1. The van der Waals surface area contributed by atoms with Crippen molar-refractivity contribution in [2.24, 2.45) is 5.73 Å². The van der Waals surface area contributed by atoms with Gasteiger partial charge in [-0.3, -0.25) is 18.6 Å². The summed E-state index contributed by atoms with van der Waals surface area (Å²) in [5.41, 5.74) is 5.38. The molecule has 0 saturated heterocycles. The first-order chi connectivity index (χ1) is 38.8. The zero-order valence-corrected chi connectivity index (χ0v) is 50.2. The van der Waals surface area contributed by atoms with Crippen LogP contribution in [0.25, 0.3) is 0 Å². The van der Waals surface area contributed by atoms with Gasteiger partial charge in [0.1, 0.15) is 6.61 Å². The molecule has 0 rings (SSSR count). The van der Waals surface area contributed by atoms with E-state index in [9.17, 15) is 19.0 Å². The largest absolute Gasteiger partial charge is 0.472 e. The van der Waals surface area contributed by atoms with E-state index in [0.717, 1.165) is 154 Å². The summed E-state index contributed by atoms with van der Waals surface area (Å²) < 4.78 is 33.0. The van der Waals surface area contributed by atoms with Crippen LogP contribution in [0.15, 0.2) is 182 Å². The molecule has 10 heteroatoms. The highest BCUT2D eigenvalue weighted by Crippen LogP contribution is 2.43. The summed E-state index contributed by atoms with van der Waals surface area (Å²) in [5.74, 6) is -0.884. The van der Waals surface area contributed by atoms with Gasteiger partial charge in [-0.15, -0.1) is 0 Å². The van der Waals surface area contributed by atoms with Crippen LogP contribution < -0.4 is 5.73 Å². The maximum atomic E-state index is 12.7. The van der Waals surface area contributed by atoms with Crippen LogP contribution in [0.4, 0.5) is 0 Å². The number of esters is 2. The lowest BCUT2D eigenvalue weighted by Crippen LogP contribution is -2.29. The highest BCUT2D eigenvalue weighted by atomic mass is 31.2. The summed E-state index contributed by atoms with van der Waals surface area (Å²) in [6.45, 7) is 3.44. The fraction of sp³-hybridized carbons (Fsp3) is 0.536. The van der Waals surface area contributed by atoms with Gasteiger partial charge >= 0.3 is 19.8 Å². The maximum Gasteiger partial charge on any atom is 0.472 e. The zero-order chi connectivity index (χ0) is 57.3. The van der Waals surface area contributed by atoms with E-state index >= 15 is 0 Å². The van der Waals surface area contributed by atoms with Crippen molar-refractivity contribution in [3.63, 3.8) is 0 Å². The Bertz CT molecular complexity index is 1940. The van der Waals surface area contributed by atoms with Crippen molar-refractivity contribution in [3.05, 3.63) is 182 Å². The molecule has 0 bridgehead atoms. The number of ether oxygens (including phenoxy) is 2. The summed E-state index contributed by atoms with van der Waals surface area (Å²) in [7, 11) is -4.41. The van der Waals surface area contributed by atoms with Crippen molar-refractivity contribution in [2.75, 3.05) is 26.4 Å². The molecule has 0 spiro atoms. The fourth-order valence-electron chi connectivity index (χ4n) is 7.39. The highest BCUT2D eigenvalue weighted by Gasteiger charge is 2.26. The molecule has 0 aromatic rings. The number of hydrogen-bond donors (Lipinski definition) is 2. The Kier molecular flexibility index (Phi) is 58.5. The lowest BCUT2D eigenvalue weighted by Gasteiger charge is -2.19. The fourth-order valence-corrected chi connectivity index (χ4v) is 8.16. The summed E-state index contributed by atoms with van der Waals surface area (Å²) in [4.78, 5) is 35.2. The van der Waals surface area contributed by atoms with Crippen LogP contribution in [0, 0.1) is 0 Å². The van der Waals surface area contributed by atoms with Gasteiger partial charge in [-0.25, -0.2) is 4.57 Å². The smallest absolute Gasteiger partial charge is 0.462 e. The van der Waals surface area contributed by atoms with E-state index in [2.05, 4.69) is 196 Å². The monoisotopic (exact) mass is 1110 g/mol. The van der Waals surface area contributed by atoms with Crippen LogP contribution in [0.2, 0.25) is 0 Å². The average Bonchev–Trinajstić information content (AvgIpc) is 3.44. The number of nitrogens with two attached hydrogens (primary N) is 1. The summed E-state index contributed by atoms with van der Waals surface area (Å²) in [6, 6.07) is 0. The lowest BCUT2D eigenvalue weighted by molar-refractivity contribution is -0.161. The van der Waals surface area contributed by atoms with Gasteiger partial charge in [-0.05, 0) is 135 Å². The molecule has 2 unspecified atom stereocenters. The second-order valence-corrected chi connectivity index (χ2v) is 20.6. The number of allylic oxidation sites excluding steroid dienone is 30. The van der Waals surface area contributed by atoms with Gasteiger partial charge in [-0.1, -0.05) is 241 Å². The third-order valence-electron chi connectivity index (χ3n) is 11.8. The van der Waals surface area contributed by atoms with Gasteiger partial charge in [0.15, 0.2) is 6.10 Å². The summed E-state index contributed by atoms with van der Waals surface area (Å²) in [6.07, 6.45) is 93.8. The van der Waals surface area contributed by atoms with E-state index in [1.165, 1.54) is 12.8 Å². The topological polar surface area (TPSA) is 134 Å². The second-order valence-electron chi connectivity index (χ2n) is 19.1. The first kappa shape index (κ1) is 74.1. The molecular weight excluding hydrogens is 1000 g/mol. The van der Waals surface area contributed by atoms with Crippen LogP contribution >= 0.6 is 7.82 Å². The van der Waals surface area contributed by atoms with Crippen molar-refractivity contribution in [2.45, 2.75) is 213 Å². The standard InChI is InChI=1S/C69H108NO8P/c1-3-5-7-9-11-13-15-17-19-21-22-23-24-25-26-27-28-29-30-31-32-33-34-35-36-37-38-39-40-41-42-43-44-46-48-50-52-54-56-58-60-62-69(72)78-67(66-77-79(73,74)76-64-63-70)65-75-68(71)61-59-57-55-53-51-49-47-45-20-18-16-14-12-10-8-6-4-2/h5-8,11-14,17-20,22-23,25-26,28-29,31-32,34-35,37-38,40-41,43-44,47,49,67H,3-4,9-10,15-16,21,24,27,30,33,36,39,42,45-46,48,50-66,70H2,1-2H3,(H,73,74)/b7-5-,8-6-,13-11-,14-12-,19-17-,20-18-,23-22-,26-25-,29-28-,32-31-,35-34-,38-37-,41-40-,44-43-,49-47-. The Morgan fingerprint density at radius 3 is 0.975 bits per heavy atom. The van der Waals surface area contributed by atoms with Crippen LogP contribution in [0.3, 0.4) is 0 Å². The quantitative estimate of drug-likeness (QED) is 0.0264. The van der Waals surface area contributed by atoms with Crippen molar-refractivity contribution in [1.29, 1.82) is 0 Å². The molecule has 0 aliphatic rings. The Labute approximate surface area is 482 Å². The maximum absolute atomic E-state index is 12.7. The number of carbonyl (C=O) groups is 2. The Balaban J connectivity index is 4.05. The van der Waals surface area contributed by atoms with Gasteiger partial charge in [0.2, 0.25) is 0 Å². The summed E-state index contributed by atoms with van der Waals surface area (Å²) >= 11 is 0. The molecule has 0 fully saturated rings. The number of carbonyl (C=O) groups excluding carboxylic acids is 2. The first-order valence-corrected chi connectivity index (χ1v) is 31.8. The molecular formula is C69H108NO8P. The van der Waals surface area contributed by atoms with E-state index in [-0.39, 0.29) is 32.6 Å². The second kappa shape index (κ2) is 62.3. The van der Waals surface area contributed by atoms with Crippen LogP contribution in [0.1, 0.15) is 206 Å². The molecule has 442 valence electrons. The molecule has 3 N–H and O–H groups in total. The van der Waals surface area contributed by atoms with E-state index in [1.54, 1.807) is 0 Å². The molecule has 0 aliphatic heterocycles. The summed E-state index contributed by atoms with van der Waals surface area (Å²) in [5, 5.41) is 0. The molecule has 0 amide bonds. The van der Waals surface area contributed by atoms with Crippen LogP contribution in [-0.2, 0) is 32.7 Å². The molecule has 0 aromatic carbocycles. The van der Waals surface area contributed by atoms with Gasteiger partial charge in [0, 0.05) is 19.4 Å². The molecule has 9 nitrogen and oxygen atoms in total. The highest BCUT2D eigenvalue weighted by molar-refractivity contribution is 7.47. The SMILES string of the molecule is CC/C=C\C/C=C\C/C=C\C/C=C\C/C=C\C/C=C\C/C=C\C/C=C\C/C=C\C/C=C\C/C=C\CCCCCCCCCC(=O)OC(COC(=O)CCCCCC/C=C\C/C=C\C/C=C\C/C=C\CC)COP(=O)(O)OCCN. The zero-order valence-electron chi connectivity index (χ0n) is 49.3. The number of unbranched alkanes of at least 4 members (excludes halogenated alkanes) is 11. The predicted octanol–water partition coefficient (Wildman–Crippen LogP) is 19.6. The average molecular weight is 1110 g/mol. The van der Waals surface area contributed by atoms with Crippen molar-refractivity contribution < 1.29 is 37.6 Å². The first-order valence-electron chi connectivity index (χ1n) is 30.3. The van der Waals surface area contributed by atoms with Crippen molar-refractivity contribution in [3.8, 4) is 0 Å². The van der Waals surface area contributed by atoms with E-state index in [1.807, 2.05) is 0 Å². The Hall–Kier alpha value is -4.89. The minimum atomic E-state index is -4.41. The minimum absolute atomic E-state index is 0.0378. The number of phosphoric acid groups is 1. The van der Waals surface area contributed by atoms with E-state index in [0.29, 0.717) is 12.8 Å². The van der Waals surface area contributed by atoms with Gasteiger partial charge < -0.3 is 20.1 Å². The van der Waals surface area contributed by atoms with Crippen molar-refractivity contribution in [1.82, 2.24) is 0 Å². The minimum Gasteiger partial charge on any atom is -0.462 e. The number of rotatable bonds is 54. The molecule has 0 heterocycles. The van der Waals surface area contributed by atoms with E-state index in [4.69, 9.17) is 24.3 Å². The number of hydrogen-bond acceptors (Lipinski definition) is 8.